The Balaban J connectivity index is 1.13. The van der Waals surface area contributed by atoms with E-state index in [0.717, 1.165) is 57.6 Å². The average molecular weight is 508 g/mol. The minimum absolute atomic E-state index is 0.0435. The number of amides is 1. The SMILES string of the molecule is CO[C@@H]1COCC[C@@H]1N[C@@H]1C[C@H]2CCC[C@@]2(C(=O)N2C[C@H]3C[C@H]2CN3c2cccc(C(F)(F)F)c2)C1. The molecule has 198 valence electrons. The van der Waals surface area contributed by atoms with Crippen LogP contribution in [0.15, 0.2) is 24.3 Å². The minimum Gasteiger partial charge on any atom is -0.379 e. The Labute approximate surface area is 210 Å². The van der Waals surface area contributed by atoms with Crippen molar-refractivity contribution < 1.29 is 27.4 Å². The summed E-state index contributed by atoms with van der Waals surface area (Å²) in [5.74, 6) is 0.697. The van der Waals surface area contributed by atoms with Crippen LogP contribution in [-0.2, 0) is 20.4 Å². The zero-order valence-electron chi connectivity index (χ0n) is 20.8. The number of rotatable bonds is 5. The maximum absolute atomic E-state index is 14.1. The average Bonchev–Trinajstić information content (AvgIpc) is 3.63. The van der Waals surface area contributed by atoms with E-state index in [-0.39, 0.29) is 29.6 Å². The second kappa shape index (κ2) is 9.17. The van der Waals surface area contributed by atoms with Gasteiger partial charge in [0.1, 0.15) is 0 Å². The van der Waals surface area contributed by atoms with Crippen LogP contribution in [0.4, 0.5) is 18.9 Å². The van der Waals surface area contributed by atoms with Crippen LogP contribution in [0.25, 0.3) is 0 Å². The summed E-state index contributed by atoms with van der Waals surface area (Å²) >= 11 is 0. The number of ether oxygens (including phenoxy) is 2. The number of carbonyl (C=O) groups excluding carboxylic acids is 1. The van der Waals surface area contributed by atoms with E-state index in [1.165, 1.54) is 12.1 Å². The summed E-state index contributed by atoms with van der Waals surface area (Å²) in [6.07, 6.45) is 2.48. The lowest BCUT2D eigenvalue weighted by atomic mass is 9.78. The van der Waals surface area contributed by atoms with E-state index in [4.69, 9.17) is 9.47 Å². The summed E-state index contributed by atoms with van der Waals surface area (Å²) in [7, 11) is 1.73. The number of alkyl halides is 3. The van der Waals surface area contributed by atoms with E-state index in [9.17, 15) is 18.0 Å². The van der Waals surface area contributed by atoms with Crippen molar-refractivity contribution in [2.24, 2.45) is 11.3 Å². The number of nitrogens with one attached hydrogen (secondary N) is 1. The van der Waals surface area contributed by atoms with Gasteiger partial charge in [0, 0.05) is 50.6 Å². The van der Waals surface area contributed by atoms with Gasteiger partial charge in [0.15, 0.2) is 0 Å². The van der Waals surface area contributed by atoms with E-state index >= 15 is 0 Å². The lowest BCUT2D eigenvalue weighted by Gasteiger charge is -2.41. The molecule has 36 heavy (non-hydrogen) atoms. The monoisotopic (exact) mass is 507 g/mol. The molecule has 1 amide bonds. The van der Waals surface area contributed by atoms with Crippen molar-refractivity contribution >= 4 is 11.6 Å². The van der Waals surface area contributed by atoms with Crippen LogP contribution in [0.2, 0.25) is 0 Å². The fourth-order valence-corrected chi connectivity index (χ4v) is 7.94. The van der Waals surface area contributed by atoms with Crippen molar-refractivity contribution in [1.82, 2.24) is 10.2 Å². The number of halogens is 3. The highest BCUT2D eigenvalue weighted by atomic mass is 19.4. The molecule has 2 aliphatic carbocycles. The van der Waals surface area contributed by atoms with Gasteiger partial charge in [-0.25, -0.2) is 0 Å². The van der Waals surface area contributed by atoms with Crippen LogP contribution in [0.5, 0.6) is 0 Å². The molecule has 0 aromatic heterocycles. The topological polar surface area (TPSA) is 54.0 Å². The molecule has 3 heterocycles. The van der Waals surface area contributed by atoms with Crippen molar-refractivity contribution in [2.45, 2.75) is 81.4 Å². The molecule has 3 aliphatic heterocycles. The zero-order valence-corrected chi connectivity index (χ0v) is 20.8. The first-order valence-electron chi connectivity index (χ1n) is 13.4. The Morgan fingerprint density at radius 1 is 1.19 bits per heavy atom. The number of fused-ring (bicyclic) bond motifs is 3. The first kappa shape index (κ1) is 24.5. The van der Waals surface area contributed by atoms with Gasteiger partial charge >= 0.3 is 6.18 Å². The fourth-order valence-electron chi connectivity index (χ4n) is 7.94. The minimum atomic E-state index is -4.35. The van der Waals surface area contributed by atoms with E-state index < -0.39 is 11.7 Å². The highest BCUT2D eigenvalue weighted by Crippen LogP contribution is 2.56. The Morgan fingerprint density at radius 2 is 2.06 bits per heavy atom. The number of likely N-dealkylation sites (tertiary alicyclic amines) is 1. The van der Waals surface area contributed by atoms with Gasteiger partial charge < -0.3 is 24.6 Å². The third kappa shape index (κ3) is 4.11. The lowest BCUT2D eigenvalue weighted by molar-refractivity contribution is -0.144. The molecule has 1 aromatic rings. The number of nitrogens with zero attached hydrogens (tertiary/aromatic N) is 2. The molecule has 3 saturated heterocycles. The van der Waals surface area contributed by atoms with E-state index in [1.54, 1.807) is 13.2 Å². The Bertz CT molecular complexity index is 991. The van der Waals surface area contributed by atoms with Crippen LogP contribution in [-0.4, -0.2) is 74.5 Å². The van der Waals surface area contributed by atoms with Crippen LogP contribution in [0.3, 0.4) is 0 Å². The molecule has 0 unspecified atom stereocenters. The number of benzene rings is 1. The second-order valence-electron chi connectivity index (χ2n) is 11.5. The molecule has 1 aromatic carbocycles. The smallest absolute Gasteiger partial charge is 0.379 e. The second-order valence-corrected chi connectivity index (χ2v) is 11.5. The third-order valence-electron chi connectivity index (χ3n) is 9.63. The molecule has 0 radical (unpaired) electrons. The summed E-state index contributed by atoms with van der Waals surface area (Å²) in [6.45, 7) is 2.56. The molecule has 9 heteroatoms. The third-order valence-corrected chi connectivity index (χ3v) is 9.63. The maximum atomic E-state index is 14.1. The first-order valence-corrected chi connectivity index (χ1v) is 13.4. The van der Waals surface area contributed by atoms with Gasteiger partial charge in [0.05, 0.1) is 29.7 Å². The van der Waals surface area contributed by atoms with Crippen LogP contribution >= 0.6 is 0 Å². The van der Waals surface area contributed by atoms with E-state index in [0.29, 0.717) is 43.3 Å². The van der Waals surface area contributed by atoms with E-state index in [2.05, 4.69) is 15.1 Å². The standard InChI is InChI=1S/C27H36F3N3O3/c1-35-24-16-36-9-7-23(24)31-19-10-17-5-3-8-26(17,13-19)25(34)33-15-21-12-22(33)14-32(21)20-6-2-4-18(11-20)27(28,29)30/h2,4,6,11,17,19,21-24,31H,3,5,7-10,12-16H2,1H3/t17-,19-,21-,22+,23+,24-,26-/m1/s1. The summed E-state index contributed by atoms with van der Waals surface area (Å²) in [6, 6.07) is 6.32. The molecule has 1 N–H and O–H groups in total. The van der Waals surface area contributed by atoms with Gasteiger partial charge in [-0.15, -0.1) is 0 Å². The first-order chi connectivity index (χ1) is 17.3. The van der Waals surface area contributed by atoms with Gasteiger partial charge in [-0.3, -0.25) is 4.79 Å². The van der Waals surface area contributed by atoms with Crippen LogP contribution < -0.4 is 10.2 Å². The largest absolute Gasteiger partial charge is 0.416 e. The normalized spacial score (nSPS) is 38.1. The Hall–Kier alpha value is -1.84. The summed E-state index contributed by atoms with van der Waals surface area (Å²) in [4.78, 5) is 18.3. The van der Waals surface area contributed by atoms with Crippen molar-refractivity contribution in [3.8, 4) is 0 Å². The van der Waals surface area contributed by atoms with Crippen molar-refractivity contribution in [3.05, 3.63) is 29.8 Å². The highest BCUT2D eigenvalue weighted by Gasteiger charge is 2.59. The van der Waals surface area contributed by atoms with Crippen molar-refractivity contribution in [3.63, 3.8) is 0 Å². The summed E-state index contributed by atoms with van der Waals surface area (Å²) in [5.41, 5.74) is -0.305. The lowest BCUT2D eigenvalue weighted by Crippen LogP contribution is -2.54. The molecule has 6 rings (SSSR count). The Kier molecular flexibility index (Phi) is 6.24. The van der Waals surface area contributed by atoms with E-state index in [1.807, 2.05) is 0 Å². The number of anilines is 1. The number of methoxy groups -OCH3 is 1. The fraction of sp³-hybridized carbons (Fsp3) is 0.741. The predicted molar refractivity (Wildman–Crippen MR) is 129 cm³/mol. The quantitative estimate of drug-likeness (QED) is 0.657. The number of hydrogen-bond donors (Lipinski definition) is 1. The van der Waals surface area contributed by atoms with Gasteiger partial charge in [0.2, 0.25) is 5.91 Å². The molecule has 7 atom stereocenters. The molecule has 2 bridgehead atoms. The zero-order chi connectivity index (χ0) is 25.1. The molecular formula is C27H36F3N3O3. The molecule has 0 spiro atoms. The number of hydrogen-bond acceptors (Lipinski definition) is 5. The van der Waals surface area contributed by atoms with Gasteiger partial charge in [-0.2, -0.15) is 13.2 Å². The van der Waals surface area contributed by atoms with Gasteiger partial charge in [0.25, 0.3) is 0 Å². The summed E-state index contributed by atoms with van der Waals surface area (Å²) < 4.78 is 50.9. The van der Waals surface area contributed by atoms with Gasteiger partial charge in [-0.1, -0.05) is 12.5 Å². The molecule has 2 saturated carbocycles. The summed E-state index contributed by atoms with van der Waals surface area (Å²) in [5, 5.41) is 3.82. The maximum Gasteiger partial charge on any atom is 0.416 e. The van der Waals surface area contributed by atoms with Crippen LogP contribution in [0, 0.1) is 11.3 Å². The number of carbonyl (C=O) groups is 1. The van der Waals surface area contributed by atoms with Gasteiger partial charge in [-0.05, 0) is 62.6 Å². The molecular weight excluding hydrogens is 471 g/mol. The molecule has 5 aliphatic rings. The molecule has 5 fully saturated rings. The highest BCUT2D eigenvalue weighted by molar-refractivity contribution is 5.85. The van der Waals surface area contributed by atoms with Crippen molar-refractivity contribution in [1.29, 1.82) is 0 Å². The van der Waals surface area contributed by atoms with Crippen LogP contribution in [0.1, 0.15) is 50.5 Å². The predicted octanol–water partition coefficient (Wildman–Crippen LogP) is 3.84. The molecule has 6 nitrogen and oxygen atoms in total. The number of piperazine rings is 1. The Morgan fingerprint density at radius 3 is 2.81 bits per heavy atom. The van der Waals surface area contributed by atoms with Crippen molar-refractivity contribution in [2.75, 3.05) is 38.3 Å².